The molecule has 0 bridgehead atoms. The molecule has 0 unspecified atom stereocenters. The molecule has 3 heterocycles. The number of pyridine rings is 1. The minimum Gasteiger partial charge on any atom is -0.490 e. The van der Waals surface area contributed by atoms with Gasteiger partial charge in [0.25, 0.3) is 5.91 Å². The van der Waals surface area contributed by atoms with Crippen LogP contribution in [-0.4, -0.2) is 45.8 Å². The molecular formula is C22H21ClN4O2S. The van der Waals surface area contributed by atoms with E-state index in [1.54, 1.807) is 35.5 Å². The van der Waals surface area contributed by atoms with Gasteiger partial charge in [-0.25, -0.2) is 9.67 Å². The fourth-order valence-electron chi connectivity index (χ4n) is 3.17. The summed E-state index contributed by atoms with van der Waals surface area (Å²) >= 11 is 7.72. The molecule has 1 amide bonds. The van der Waals surface area contributed by atoms with E-state index >= 15 is 0 Å². The monoisotopic (exact) mass is 440 g/mol. The number of benzene rings is 1. The minimum atomic E-state index is -0.0985. The van der Waals surface area contributed by atoms with Crippen LogP contribution < -0.4 is 4.74 Å². The van der Waals surface area contributed by atoms with Gasteiger partial charge in [0.15, 0.2) is 5.65 Å². The number of para-hydroxylation sites is 1. The summed E-state index contributed by atoms with van der Waals surface area (Å²) in [7, 11) is 1.76. The molecule has 0 saturated heterocycles. The van der Waals surface area contributed by atoms with Crippen molar-refractivity contribution in [3.05, 3.63) is 64.6 Å². The van der Waals surface area contributed by atoms with Gasteiger partial charge in [0.05, 0.1) is 39.3 Å². The van der Waals surface area contributed by atoms with Crippen molar-refractivity contribution in [1.29, 1.82) is 0 Å². The predicted molar refractivity (Wildman–Crippen MR) is 120 cm³/mol. The van der Waals surface area contributed by atoms with Crippen LogP contribution in [0.1, 0.15) is 17.3 Å². The van der Waals surface area contributed by atoms with E-state index in [1.165, 1.54) is 0 Å². The SMILES string of the molecule is CCn1ncc2c(C(=O)N(C)CCOc3ccccc3Cl)cc(-c3cccs3)nc21. The second-order valence-corrected chi connectivity index (χ2v) is 8.09. The van der Waals surface area contributed by atoms with Gasteiger partial charge in [0.2, 0.25) is 0 Å². The number of thiophene rings is 1. The Labute approximate surface area is 183 Å². The minimum absolute atomic E-state index is 0.0985. The Hall–Kier alpha value is -2.90. The zero-order valence-corrected chi connectivity index (χ0v) is 18.3. The highest BCUT2D eigenvalue weighted by Crippen LogP contribution is 2.28. The van der Waals surface area contributed by atoms with Crippen molar-refractivity contribution in [2.24, 2.45) is 0 Å². The first-order valence-electron chi connectivity index (χ1n) is 9.61. The molecule has 0 fully saturated rings. The molecule has 1 aromatic carbocycles. The van der Waals surface area contributed by atoms with Gasteiger partial charge in [0.1, 0.15) is 12.4 Å². The Morgan fingerprint density at radius 2 is 2.10 bits per heavy atom. The van der Waals surface area contributed by atoms with E-state index in [0.717, 1.165) is 16.0 Å². The van der Waals surface area contributed by atoms with Crippen molar-refractivity contribution in [1.82, 2.24) is 19.7 Å². The lowest BCUT2D eigenvalue weighted by molar-refractivity contribution is 0.0775. The number of nitrogens with zero attached hydrogens (tertiary/aromatic N) is 4. The van der Waals surface area contributed by atoms with Crippen LogP contribution in [0.5, 0.6) is 5.75 Å². The van der Waals surface area contributed by atoms with E-state index in [2.05, 4.69) is 5.10 Å². The molecule has 0 saturated carbocycles. The van der Waals surface area contributed by atoms with Crippen LogP contribution in [0.4, 0.5) is 0 Å². The van der Waals surface area contributed by atoms with Crippen LogP contribution in [-0.2, 0) is 6.54 Å². The number of amides is 1. The lowest BCUT2D eigenvalue weighted by Crippen LogP contribution is -2.31. The second kappa shape index (κ2) is 8.85. The van der Waals surface area contributed by atoms with E-state index in [0.29, 0.717) is 41.7 Å². The smallest absolute Gasteiger partial charge is 0.254 e. The first kappa shape index (κ1) is 20.4. The molecule has 4 rings (SSSR count). The second-order valence-electron chi connectivity index (χ2n) is 6.74. The fraction of sp³-hybridized carbons (Fsp3) is 0.227. The summed E-state index contributed by atoms with van der Waals surface area (Å²) in [5, 5.41) is 7.70. The number of carbonyl (C=O) groups is 1. The molecule has 0 radical (unpaired) electrons. The summed E-state index contributed by atoms with van der Waals surface area (Å²) in [6.07, 6.45) is 1.71. The zero-order chi connectivity index (χ0) is 21.1. The average molecular weight is 441 g/mol. The van der Waals surface area contributed by atoms with Crippen molar-refractivity contribution in [2.75, 3.05) is 20.2 Å². The largest absolute Gasteiger partial charge is 0.490 e. The third kappa shape index (κ3) is 4.04. The van der Waals surface area contributed by atoms with E-state index in [1.807, 2.05) is 53.4 Å². The molecule has 154 valence electrons. The topological polar surface area (TPSA) is 60.2 Å². The molecule has 0 spiro atoms. The normalized spacial score (nSPS) is 11.0. The standard InChI is InChI=1S/C22H21ClN4O2S/c1-3-27-21-16(14-24-27)15(13-18(25-21)20-9-6-12-30-20)22(28)26(2)10-11-29-19-8-5-4-7-17(19)23/h4-9,12-14H,3,10-11H2,1-2H3. The molecule has 0 aliphatic rings. The van der Waals surface area contributed by atoms with Crippen molar-refractivity contribution >= 4 is 39.9 Å². The van der Waals surface area contributed by atoms with Crippen LogP contribution in [0.3, 0.4) is 0 Å². The third-order valence-electron chi connectivity index (χ3n) is 4.78. The highest BCUT2D eigenvalue weighted by molar-refractivity contribution is 7.13. The molecule has 0 aliphatic heterocycles. The molecule has 6 nitrogen and oxygen atoms in total. The number of hydrogen-bond acceptors (Lipinski definition) is 5. The summed E-state index contributed by atoms with van der Waals surface area (Å²) in [4.78, 5) is 20.7. The summed E-state index contributed by atoms with van der Waals surface area (Å²) < 4.78 is 7.54. The number of fused-ring (bicyclic) bond motifs is 1. The first-order chi connectivity index (χ1) is 14.6. The molecule has 8 heteroatoms. The van der Waals surface area contributed by atoms with Gasteiger partial charge in [-0.3, -0.25) is 4.79 Å². The number of rotatable bonds is 7. The zero-order valence-electron chi connectivity index (χ0n) is 16.7. The molecule has 0 N–H and O–H groups in total. The first-order valence-corrected chi connectivity index (χ1v) is 10.9. The number of aromatic nitrogens is 3. The average Bonchev–Trinajstić information content (AvgIpc) is 3.43. The molecular weight excluding hydrogens is 420 g/mol. The molecule has 0 aliphatic carbocycles. The van der Waals surface area contributed by atoms with Crippen molar-refractivity contribution in [2.45, 2.75) is 13.5 Å². The van der Waals surface area contributed by atoms with Crippen LogP contribution in [0, 0.1) is 0 Å². The van der Waals surface area contributed by atoms with E-state index in [-0.39, 0.29) is 5.91 Å². The van der Waals surface area contributed by atoms with Crippen LogP contribution in [0.25, 0.3) is 21.6 Å². The maximum absolute atomic E-state index is 13.3. The molecule has 4 aromatic rings. The lowest BCUT2D eigenvalue weighted by Gasteiger charge is -2.18. The maximum atomic E-state index is 13.3. The molecule has 30 heavy (non-hydrogen) atoms. The van der Waals surface area contributed by atoms with Crippen LogP contribution in [0.15, 0.2) is 54.0 Å². The van der Waals surface area contributed by atoms with E-state index in [9.17, 15) is 4.79 Å². The number of likely N-dealkylation sites (N-methyl/N-ethyl adjacent to an activating group) is 1. The van der Waals surface area contributed by atoms with Gasteiger partial charge in [-0.05, 0) is 36.6 Å². The Morgan fingerprint density at radius 3 is 2.83 bits per heavy atom. The lowest BCUT2D eigenvalue weighted by atomic mass is 10.1. The summed E-state index contributed by atoms with van der Waals surface area (Å²) in [5.41, 5.74) is 2.08. The van der Waals surface area contributed by atoms with Gasteiger partial charge in [0, 0.05) is 13.6 Å². The third-order valence-corrected chi connectivity index (χ3v) is 5.98. The van der Waals surface area contributed by atoms with Crippen LogP contribution in [0.2, 0.25) is 5.02 Å². The molecule has 0 atom stereocenters. The number of aryl methyl sites for hydroxylation is 1. The van der Waals surface area contributed by atoms with Crippen LogP contribution >= 0.6 is 22.9 Å². The highest BCUT2D eigenvalue weighted by atomic mass is 35.5. The maximum Gasteiger partial charge on any atom is 0.254 e. The molecule has 3 aromatic heterocycles. The highest BCUT2D eigenvalue weighted by Gasteiger charge is 2.20. The Kier molecular flexibility index (Phi) is 6.01. The van der Waals surface area contributed by atoms with Crippen molar-refractivity contribution in [3.63, 3.8) is 0 Å². The van der Waals surface area contributed by atoms with E-state index in [4.69, 9.17) is 21.3 Å². The summed E-state index contributed by atoms with van der Waals surface area (Å²) in [6.45, 7) is 3.45. The Balaban J connectivity index is 1.58. The number of hydrogen-bond donors (Lipinski definition) is 0. The Morgan fingerprint density at radius 1 is 1.27 bits per heavy atom. The van der Waals surface area contributed by atoms with Gasteiger partial charge in [-0.2, -0.15) is 5.10 Å². The van der Waals surface area contributed by atoms with Crippen molar-refractivity contribution < 1.29 is 9.53 Å². The van der Waals surface area contributed by atoms with E-state index < -0.39 is 0 Å². The predicted octanol–water partition coefficient (Wildman–Crippen LogP) is 4.98. The quantitative estimate of drug-likeness (QED) is 0.406. The summed E-state index contributed by atoms with van der Waals surface area (Å²) in [5.74, 6) is 0.508. The summed E-state index contributed by atoms with van der Waals surface area (Å²) in [6, 6.07) is 13.1. The van der Waals surface area contributed by atoms with Gasteiger partial charge in [-0.1, -0.05) is 29.8 Å². The van der Waals surface area contributed by atoms with Gasteiger partial charge >= 0.3 is 0 Å². The number of halogens is 1. The number of carbonyl (C=O) groups excluding carboxylic acids is 1. The van der Waals surface area contributed by atoms with Gasteiger partial charge < -0.3 is 9.64 Å². The number of ether oxygens (including phenoxy) is 1. The van der Waals surface area contributed by atoms with Gasteiger partial charge in [-0.15, -0.1) is 11.3 Å². The fourth-order valence-corrected chi connectivity index (χ4v) is 4.04. The Bertz CT molecular complexity index is 1170. The van der Waals surface area contributed by atoms with Crippen molar-refractivity contribution in [3.8, 4) is 16.3 Å².